The lowest BCUT2D eigenvalue weighted by molar-refractivity contribution is 0.901. The highest BCUT2D eigenvalue weighted by Crippen LogP contribution is 2.23. The second kappa shape index (κ2) is 5.18. The third-order valence-corrected chi connectivity index (χ3v) is 4.36. The summed E-state index contributed by atoms with van der Waals surface area (Å²) in [5, 5.41) is 0. The maximum atomic E-state index is 3.62. The molecule has 0 nitrogen and oxygen atoms in total. The molecule has 92 valence electrons. The Labute approximate surface area is 125 Å². The van der Waals surface area contributed by atoms with Gasteiger partial charge >= 0.3 is 0 Å². The molecule has 0 aliphatic heterocycles. The van der Waals surface area contributed by atoms with Crippen molar-refractivity contribution in [2.45, 2.75) is 25.7 Å². The molecule has 2 heteroatoms. The summed E-state index contributed by atoms with van der Waals surface area (Å²) in [5.74, 6) is 0. The minimum Gasteiger partial charge on any atom is -0.0557 e. The highest BCUT2D eigenvalue weighted by atomic mass is 79.9. The molecule has 0 unspecified atom stereocenters. The smallest absolute Gasteiger partial charge is 0.0180 e. The highest BCUT2D eigenvalue weighted by molar-refractivity contribution is 9.10. The lowest BCUT2D eigenvalue weighted by Gasteiger charge is -2.12. The van der Waals surface area contributed by atoms with Crippen molar-refractivity contribution >= 4 is 31.9 Å². The van der Waals surface area contributed by atoms with E-state index in [1.165, 1.54) is 31.2 Å². The maximum absolute atomic E-state index is 3.62. The molecule has 0 saturated heterocycles. The van der Waals surface area contributed by atoms with Gasteiger partial charge < -0.3 is 0 Å². The number of hydrogen-bond acceptors (Lipinski definition) is 0. The summed E-state index contributed by atoms with van der Waals surface area (Å²) in [6.07, 6.45) is 4.45. The van der Waals surface area contributed by atoms with E-state index in [4.69, 9.17) is 0 Å². The normalized spacial score (nSPS) is 14.3. The molecule has 2 aromatic rings. The molecule has 0 spiro atoms. The van der Waals surface area contributed by atoms with Gasteiger partial charge in [-0.15, -0.1) is 0 Å². The monoisotopic (exact) mass is 364 g/mol. The average molecular weight is 366 g/mol. The molecule has 0 fully saturated rings. The van der Waals surface area contributed by atoms with E-state index in [1.807, 2.05) is 0 Å². The molecule has 0 saturated carbocycles. The lowest BCUT2D eigenvalue weighted by Crippen LogP contribution is -2.00. The molecule has 1 aliphatic carbocycles. The highest BCUT2D eigenvalue weighted by Gasteiger charge is 2.07. The molecule has 0 aromatic heterocycles. The number of fused-ring (bicyclic) bond motifs is 4. The lowest BCUT2D eigenvalue weighted by atomic mass is 9.95. The number of aryl methyl sites for hydroxylation is 4. The Bertz CT molecular complexity index is 490. The molecule has 0 amide bonds. The molecular weight excluding hydrogens is 352 g/mol. The SMILES string of the molecule is Brc1cc2cc(c1)CCc1cc(Br)cc(c1)CC2. The van der Waals surface area contributed by atoms with Crippen molar-refractivity contribution in [2.75, 3.05) is 0 Å². The van der Waals surface area contributed by atoms with E-state index in [0.29, 0.717) is 0 Å². The van der Waals surface area contributed by atoms with Crippen LogP contribution < -0.4 is 0 Å². The van der Waals surface area contributed by atoms with Crippen molar-refractivity contribution in [1.29, 1.82) is 0 Å². The fraction of sp³-hybridized carbons (Fsp3) is 0.250. The summed E-state index contributed by atoms with van der Waals surface area (Å²) in [7, 11) is 0. The van der Waals surface area contributed by atoms with Crippen LogP contribution in [0.25, 0.3) is 0 Å². The van der Waals surface area contributed by atoms with Gasteiger partial charge in [0.15, 0.2) is 0 Å². The quantitative estimate of drug-likeness (QED) is 0.609. The Balaban J connectivity index is 2.01. The van der Waals surface area contributed by atoms with Gasteiger partial charge in [0.05, 0.1) is 0 Å². The van der Waals surface area contributed by atoms with Crippen LogP contribution in [0.4, 0.5) is 0 Å². The van der Waals surface area contributed by atoms with Gasteiger partial charge in [-0.25, -0.2) is 0 Å². The van der Waals surface area contributed by atoms with E-state index in [9.17, 15) is 0 Å². The van der Waals surface area contributed by atoms with Gasteiger partial charge in [0.2, 0.25) is 0 Å². The molecule has 0 radical (unpaired) electrons. The minimum absolute atomic E-state index is 1.11. The van der Waals surface area contributed by atoms with Gasteiger partial charge in [0.25, 0.3) is 0 Å². The third kappa shape index (κ3) is 2.86. The number of halogens is 2. The van der Waals surface area contributed by atoms with Crippen LogP contribution in [-0.2, 0) is 25.7 Å². The van der Waals surface area contributed by atoms with Gasteiger partial charge in [-0.3, -0.25) is 0 Å². The summed E-state index contributed by atoms with van der Waals surface area (Å²) < 4.78 is 2.42. The van der Waals surface area contributed by atoms with Crippen LogP contribution in [0.2, 0.25) is 0 Å². The Morgan fingerprint density at radius 1 is 0.500 bits per heavy atom. The van der Waals surface area contributed by atoms with E-state index in [-0.39, 0.29) is 0 Å². The summed E-state index contributed by atoms with van der Waals surface area (Å²) in [5.41, 5.74) is 5.73. The molecule has 0 N–H and O–H groups in total. The standard InChI is InChI=1S/C16H14Br2/c17-15-7-11-1-2-12-6-14(10-16(18)8-12)4-3-13(5-11)9-15/h5-10H,1-4H2. The molecule has 0 heterocycles. The van der Waals surface area contributed by atoms with E-state index >= 15 is 0 Å². The van der Waals surface area contributed by atoms with Gasteiger partial charge in [-0.05, 0) is 72.2 Å². The number of hydrogen-bond donors (Lipinski definition) is 0. The first-order valence-corrected chi connectivity index (χ1v) is 7.84. The summed E-state index contributed by atoms with van der Waals surface area (Å²) in [4.78, 5) is 0. The first-order chi connectivity index (χ1) is 8.69. The molecule has 2 aromatic carbocycles. The zero-order valence-electron chi connectivity index (χ0n) is 10.0. The summed E-state index contributed by atoms with van der Waals surface area (Å²) >= 11 is 7.23. The predicted molar refractivity (Wildman–Crippen MR) is 83.1 cm³/mol. The van der Waals surface area contributed by atoms with Crippen LogP contribution in [0.5, 0.6) is 0 Å². The van der Waals surface area contributed by atoms with Gasteiger partial charge in [-0.2, -0.15) is 0 Å². The second-order valence-electron chi connectivity index (χ2n) is 4.94. The van der Waals surface area contributed by atoms with Gasteiger partial charge in [-0.1, -0.05) is 44.0 Å². The first-order valence-electron chi connectivity index (χ1n) is 6.26. The van der Waals surface area contributed by atoms with Crippen LogP contribution in [0.3, 0.4) is 0 Å². The van der Waals surface area contributed by atoms with Crippen molar-refractivity contribution < 1.29 is 0 Å². The van der Waals surface area contributed by atoms with Crippen molar-refractivity contribution in [3.8, 4) is 0 Å². The Morgan fingerprint density at radius 2 is 0.778 bits per heavy atom. The van der Waals surface area contributed by atoms with Crippen LogP contribution in [0.15, 0.2) is 45.3 Å². The predicted octanol–water partition coefficient (Wildman–Crippen LogP) is 5.10. The van der Waals surface area contributed by atoms with Crippen LogP contribution in [0, 0.1) is 0 Å². The first kappa shape index (κ1) is 12.4. The fourth-order valence-corrected chi connectivity index (χ4v) is 3.77. The molecular formula is C16H14Br2. The van der Waals surface area contributed by atoms with Crippen molar-refractivity contribution in [3.63, 3.8) is 0 Å². The van der Waals surface area contributed by atoms with Crippen LogP contribution >= 0.6 is 31.9 Å². The fourth-order valence-electron chi connectivity index (χ4n) is 2.59. The average Bonchev–Trinajstić information content (AvgIpc) is 2.32. The Kier molecular flexibility index (Phi) is 3.58. The zero-order valence-corrected chi connectivity index (χ0v) is 13.2. The van der Waals surface area contributed by atoms with Crippen molar-refractivity contribution in [1.82, 2.24) is 0 Å². The summed E-state index contributed by atoms with van der Waals surface area (Å²) in [6, 6.07) is 13.7. The molecule has 1 aliphatic rings. The molecule has 4 bridgehead atoms. The minimum atomic E-state index is 1.11. The Hall–Kier alpha value is -0.600. The van der Waals surface area contributed by atoms with E-state index in [1.54, 1.807) is 0 Å². The largest absolute Gasteiger partial charge is 0.0557 e. The second-order valence-corrected chi connectivity index (χ2v) is 6.77. The molecule has 3 rings (SSSR count). The maximum Gasteiger partial charge on any atom is 0.0180 e. The van der Waals surface area contributed by atoms with Crippen molar-refractivity contribution in [3.05, 3.63) is 67.6 Å². The summed E-state index contributed by atoms with van der Waals surface area (Å²) in [6.45, 7) is 0. The zero-order chi connectivity index (χ0) is 12.5. The number of rotatable bonds is 0. The number of benzene rings is 2. The van der Waals surface area contributed by atoms with Gasteiger partial charge in [0, 0.05) is 8.95 Å². The molecule has 18 heavy (non-hydrogen) atoms. The van der Waals surface area contributed by atoms with Gasteiger partial charge in [0.1, 0.15) is 0 Å². The van der Waals surface area contributed by atoms with Crippen LogP contribution in [0.1, 0.15) is 22.3 Å². The topological polar surface area (TPSA) is 0 Å². The van der Waals surface area contributed by atoms with Crippen molar-refractivity contribution in [2.24, 2.45) is 0 Å². The third-order valence-electron chi connectivity index (χ3n) is 3.44. The van der Waals surface area contributed by atoms with Crippen LogP contribution in [-0.4, -0.2) is 0 Å². The van der Waals surface area contributed by atoms with E-state index < -0.39 is 0 Å². The van der Waals surface area contributed by atoms with E-state index in [0.717, 1.165) is 25.7 Å². The molecule has 0 atom stereocenters. The Morgan fingerprint density at radius 3 is 1.06 bits per heavy atom. The van der Waals surface area contributed by atoms with E-state index in [2.05, 4.69) is 68.3 Å².